The monoisotopic (exact) mass is 659 g/mol. The molecular weight excluding hydrogens is 632 g/mol. The Balaban J connectivity index is 1.30. The lowest BCUT2D eigenvalue weighted by atomic mass is 9.95. The van der Waals surface area contributed by atoms with Gasteiger partial charge in [0, 0.05) is 32.7 Å². The number of rotatable bonds is 9. The molecule has 0 saturated carbocycles. The highest BCUT2D eigenvalue weighted by Gasteiger charge is 2.34. The SMILES string of the molecule is CC1=C(C(=O)Nc2cccc(C)c2)C(c2ccc(OCc3c(Cl)cccc3Cl)cc2)n2nc(SCc3ccccc3F)nc2N1. The van der Waals surface area contributed by atoms with Crippen LogP contribution >= 0.6 is 35.0 Å². The number of aryl methyl sites for hydroxylation is 1. The van der Waals surface area contributed by atoms with E-state index in [9.17, 15) is 9.18 Å². The van der Waals surface area contributed by atoms with Crippen LogP contribution in [0.25, 0.3) is 0 Å². The normalized spacial score (nSPS) is 14.1. The lowest BCUT2D eigenvalue weighted by Crippen LogP contribution is -2.31. The molecule has 11 heteroatoms. The Morgan fingerprint density at radius 2 is 1.73 bits per heavy atom. The number of benzene rings is 4. The zero-order valence-corrected chi connectivity index (χ0v) is 26.7. The topological polar surface area (TPSA) is 81.1 Å². The van der Waals surface area contributed by atoms with Crippen molar-refractivity contribution < 1.29 is 13.9 Å². The minimum Gasteiger partial charge on any atom is -0.489 e. The minimum atomic E-state index is -0.603. The Bertz CT molecular complexity index is 1890. The number of nitrogens with zero attached hydrogens (tertiary/aromatic N) is 3. The first kappa shape index (κ1) is 30.7. The van der Waals surface area contributed by atoms with Crippen molar-refractivity contribution in [3.8, 4) is 5.75 Å². The molecule has 5 aromatic rings. The van der Waals surface area contributed by atoms with Crippen molar-refractivity contribution in [2.24, 2.45) is 0 Å². The van der Waals surface area contributed by atoms with E-state index in [1.807, 2.05) is 62.4 Å². The summed E-state index contributed by atoms with van der Waals surface area (Å²) in [6.07, 6.45) is 0. The van der Waals surface area contributed by atoms with Gasteiger partial charge in [-0.3, -0.25) is 4.79 Å². The van der Waals surface area contributed by atoms with Crippen LogP contribution in [0, 0.1) is 12.7 Å². The van der Waals surface area contributed by atoms with Gasteiger partial charge in [-0.1, -0.05) is 83.5 Å². The lowest BCUT2D eigenvalue weighted by Gasteiger charge is -2.28. The molecule has 2 N–H and O–H groups in total. The molecule has 45 heavy (non-hydrogen) atoms. The number of allylic oxidation sites excluding steroid dienone is 1. The summed E-state index contributed by atoms with van der Waals surface area (Å²) in [5, 5.41) is 12.6. The molecule has 1 amide bonds. The molecule has 1 aliphatic heterocycles. The molecule has 1 aliphatic rings. The van der Waals surface area contributed by atoms with Gasteiger partial charge in [-0.25, -0.2) is 9.07 Å². The van der Waals surface area contributed by atoms with Crippen molar-refractivity contribution in [3.63, 3.8) is 0 Å². The van der Waals surface area contributed by atoms with Gasteiger partial charge in [0.05, 0.1) is 5.57 Å². The third-order valence-electron chi connectivity index (χ3n) is 7.31. The first-order chi connectivity index (χ1) is 21.8. The molecular formula is C34H28Cl2FN5O2S. The number of carbonyl (C=O) groups is 1. The third kappa shape index (κ3) is 6.86. The molecule has 1 aromatic heterocycles. The van der Waals surface area contributed by atoms with Crippen LogP contribution in [0.2, 0.25) is 10.0 Å². The number of carbonyl (C=O) groups excluding carboxylic acids is 1. The number of fused-ring (bicyclic) bond motifs is 1. The summed E-state index contributed by atoms with van der Waals surface area (Å²) in [6.45, 7) is 4.01. The Labute approximate surface area is 274 Å². The van der Waals surface area contributed by atoms with E-state index in [1.54, 1.807) is 41.1 Å². The van der Waals surface area contributed by atoms with Crippen LogP contribution in [0.4, 0.5) is 16.0 Å². The molecule has 0 radical (unpaired) electrons. The molecule has 0 aliphatic carbocycles. The maximum Gasteiger partial charge on any atom is 0.255 e. The minimum absolute atomic E-state index is 0.199. The predicted octanol–water partition coefficient (Wildman–Crippen LogP) is 8.83. The van der Waals surface area contributed by atoms with E-state index in [4.69, 9.17) is 33.0 Å². The highest BCUT2D eigenvalue weighted by molar-refractivity contribution is 7.98. The highest BCUT2D eigenvalue weighted by atomic mass is 35.5. The van der Waals surface area contributed by atoms with E-state index >= 15 is 0 Å². The van der Waals surface area contributed by atoms with Crippen LogP contribution in [-0.4, -0.2) is 20.7 Å². The molecule has 2 heterocycles. The zero-order valence-electron chi connectivity index (χ0n) is 24.4. The Hall–Kier alpha value is -4.31. The van der Waals surface area contributed by atoms with Gasteiger partial charge in [0.15, 0.2) is 0 Å². The number of hydrogen-bond acceptors (Lipinski definition) is 6. The molecule has 0 spiro atoms. The molecule has 0 bridgehead atoms. The van der Waals surface area contributed by atoms with E-state index in [1.165, 1.54) is 17.8 Å². The maximum absolute atomic E-state index is 14.3. The summed E-state index contributed by atoms with van der Waals surface area (Å²) in [6, 6.07) is 26.4. The van der Waals surface area contributed by atoms with Gasteiger partial charge < -0.3 is 15.4 Å². The Kier molecular flexibility index (Phi) is 9.11. The third-order valence-corrected chi connectivity index (χ3v) is 8.90. The summed E-state index contributed by atoms with van der Waals surface area (Å²) in [4.78, 5) is 18.5. The number of aromatic nitrogens is 3. The number of amides is 1. The van der Waals surface area contributed by atoms with E-state index in [0.717, 1.165) is 11.1 Å². The van der Waals surface area contributed by atoms with Crippen LogP contribution in [0.3, 0.4) is 0 Å². The molecule has 228 valence electrons. The fourth-order valence-corrected chi connectivity index (χ4v) is 6.37. The number of thioether (sulfide) groups is 1. The second kappa shape index (κ2) is 13.4. The first-order valence-corrected chi connectivity index (χ1v) is 15.8. The molecule has 0 saturated heterocycles. The van der Waals surface area contributed by atoms with Crippen LogP contribution in [0.5, 0.6) is 5.75 Å². The van der Waals surface area contributed by atoms with Gasteiger partial charge in [-0.2, -0.15) is 4.98 Å². The summed E-state index contributed by atoms with van der Waals surface area (Å²) in [5.41, 5.74) is 4.89. The van der Waals surface area contributed by atoms with Crippen LogP contribution in [0.1, 0.15) is 35.2 Å². The van der Waals surface area contributed by atoms with Crippen molar-refractivity contribution in [3.05, 3.63) is 140 Å². The van der Waals surface area contributed by atoms with Gasteiger partial charge in [-0.15, -0.1) is 5.10 Å². The number of ether oxygens (including phenoxy) is 1. The number of halogens is 3. The van der Waals surface area contributed by atoms with Gasteiger partial charge in [0.2, 0.25) is 11.1 Å². The van der Waals surface area contributed by atoms with Gasteiger partial charge >= 0.3 is 0 Å². The quantitative estimate of drug-likeness (QED) is 0.154. The number of nitrogens with one attached hydrogen (secondary N) is 2. The molecule has 1 atom stereocenters. The zero-order chi connectivity index (χ0) is 31.5. The van der Waals surface area contributed by atoms with Crippen molar-refractivity contribution in [2.75, 3.05) is 10.6 Å². The van der Waals surface area contributed by atoms with E-state index in [0.29, 0.717) is 60.7 Å². The van der Waals surface area contributed by atoms with E-state index in [2.05, 4.69) is 15.6 Å². The fourth-order valence-electron chi connectivity index (χ4n) is 5.05. The van der Waals surface area contributed by atoms with Gasteiger partial charge in [0.1, 0.15) is 24.2 Å². The van der Waals surface area contributed by atoms with Crippen LogP contribution < -0.4 is 15.4 Å². The predicted molar refractivity (Wildman–Crippen MR) is 177 cm³/mol. The van der Waals surface area contributed by atoms with Crippen LogP contribution in [-0.2, 0) is 17.2 Å². The maximum atomic E-state index is 14.3. The molecule has 1 unspecified atom stereocenters. The van der Waals surface area contributed by atoms with E-state index in [-0.39, 0.29) is 18.3 Å². The number of hydrogen-bond donors (Lipinski definition) is 2. The summed E-state index contributed by atoms with van der Waals surface area (Å²) in [7, 11) is 0. The molecule has 4 aromatic carbocycles. The van der Waals surface area contributed by atoms with Gasteiger partial charge in [-0.05, 0) is 73.0 Å². The largest absolute Gasteiger partial charge is 0.489 e. The highest BCUT2D eigenvalue weighted by Crippen LogP contribution is 2.38. The van der Waals surface area contributed by atoms with Gasteiger partial charge in [0.25, 0.3) is 5.91 Å². The smallest absolute Gasteiger partial charge is 0.255 e. The van der Waals surface area contributed by atoms with Crippen LogP contribution in [0.15, 0.2) is 107 Å². The van der Waals surface area contributed by atoms with Crippen molar-refractivity contribution in [1.82, 2.24) is 14.8 Å². The lowest BCUT2D eigenvalue weighted by molar-refractivity contribution is -0.113. The second-order valence-corrected chi connectivity index (χ2v) is 12.2. The average Bonchev–Trinajstić information content (AvgIpc) is 3.42. The molecule has 6 rings (SSSR count). The van der Waals surface area contributed by atoms with Crippen molar-refractivity contribution >= 4 is 52.5 Å². The second-order valence-electron chi connectivity index (χ2n) is 10.5. The van der Waals surface area contributed by atoms with E-state index < -0.39 is 6.04 Å². The van der Waals surface area contributed by atoms with Crippen molar-refractivity contribution in [1.29, 1.82) is 0 Å². The van der Waals surface area contributed by atoms with Crippen molar-refractivity contribution in [2.45, 2.75) is 37.4 Å². The standard InChI is InChI=1S/C34H28Cl2FN5O2S/c1-20-7-5-9-24(17-20)39-32(43)30-21(2)38-33-40-34(45-19-23-8-3-4-12-29(23)37)41-42(33)31(30)22-13-15-25(16-14-22)44-18-26-27(35)10-6-11-28(26)36/h3-17,31H,18-19H2,1-2H3,(H,39,43)(H,38,40,41). The summed E-state index contributed by atoms with van der Waals surface area (Å²) < 4.78 is 22.0. The Morgan fingerprint density at radius 1 is 1.00 bits per heavy atom. The number of anilines is 2. The molecule has 7 nitrogen and oxygen atoms in total. The first-order valence-electron chi connectivity index (χ1n) is 14.1. The summed E-state index contributed by atoms with van der Waals surface area (Å²) in [5.74, 6) is 0.891. The Morgan fingerprint density at radius 3 is 2.47 bits per heavy atom. The average molecular weight is 661 g/mol. The molecule has 0 fully saturated rings. The summed E-state index contributed by atoms with van der Waals surface area (Å²) >= 11 is 13.9. The fraction of sp³-hybridized carbons (Fsp3) is 0.147.